The summed E-state index contributed by atoms with van der Waals surface area (Å²) in [4.78, 5) is 16.5. The molecule has 3 rings (SSSR count). The van der Waals surface area contributed by atoms with E-state index >= 15 is 0 Å². The highest BCUT2D eigenvalue weighted by molar-refractivity contribution is 5.80. The van der Waals surface area contributed by atoms with Gasteiger partial charge in [-0.3, -0.25) is 4.79 Å². The number of nitrogens with one attached hydrogen (secondary N) is 1. The molecule has 2 heterocycles. The predicted molar refractivity (Wildman–Crippen MR) is 90.4 cm³/mol. The van der Waals surface area contributed by atoms with Crippen LogP contribution in [0.15, 0.2) is 24.3 Å². The van der Waals surface area contributed by atoms with Gasteiger partial charge in [0.2, 0.25) is 5.91 Å². The first kappa shape index (κ1) is 18.0. The first-order chi connectivity index (χ1) is 11.9. The van der Waals surface area contributed by atoms with Crippen molar-refractivity contribution in [2.24, 2.45) is 5.92 Å². The number of benzene rings is 1. The average Bonchev–Trinajstić information content (AvgIpc) is 2.61. The summed E-state index contributed by atoms with van der Waals surface area (Å²) in [7, 11) is 0. The number of piperazine rings is 1. The normalized spacial score (nSPS) is 25.1. The Kier molecular flexibility index (Phi) is 5.22. The van der Waals surface area contributed by atoms with Crippen molar-refractivity contribution < 1.29 is 18.0 Å². The molecule has 0 aromatic heterocycles. The van der Waals surface area contributed by atoms with Crippen LogP contribution in [0.5, 0.6) is 0 Å². The fraction of sp³-hybridized carbons (Fsp3) is 0.611. The fourth-order valence-electron chi connectivity index (χ4n) is 3.68. The van der Waals surface area contributed by atoms with Crippen LogP contribution in [0.3, 0.4) is 0 Å². The number of hydrogen-bond donors (Lipinski definition) is 1. The topological polar surface area (TPSA) is 35.6 Å². The molecule has 1 aromatic rings. The lowest BCUT2D eigenvalue weighted by Crippen LogP contribution is -2.54. The van der Waals surface area contributed by atoms with E-state index in [-0.39, 0.29) is 17.9 Å². The summed E-state index contributed by atoms with van der Waals surface area (Å²) in [6.45, 7) is 5.22. The van der Waals surface area contributed by atoms with E-state index in [2.05, 4.69) is 5.32 Å². The SMILES string of the molecule is CC1NCCCC1C(=O)N1CCN(c2cccc(C(F)(F)F)c2)CC1. The second-order valence-corrected chi connectivity index (χ2v) is 6.85. The lowest BCUT2D eigenvalue weighted by Gasteiger charge is -2.39. The maximum atomic E-state index is 12.9. The largest absolute Gasteiger partial charge is 0.416 e. The van der Waals surface area contributed by atoms with E-state index in [1.807, 2.05) is 16.7 Å². The molecule has 2 aliphatic heterocycles. The molecule has 7 heteroatoms. The number of nitrogens with zero attached hydrogens (tertiary/aromatic N) is 2. The van der Waals surface area contributed by atoms with Gasteiger partial charge in [-0.25, -0.2) is 0 Å². The molecular formula is C18H24F3N3O. The highest BCUT2D eigenvalue weighted by Crippen LogP contribution is 2.32. The van der Waals surface area contributed by atoms with Crippen LogP contribution in [0.2, 0.25) is 0 Å². The van der Waals surface area contributed by atoms with Crippen LogP contribution >= 0.6 is 0 Å². The number of carbonyl (C=O) groups excluding carboxylic acids is 1. The Morgan fingerprint density at radius 2 is 1.92 bits per heavy atom. The Labute approximate surface area is 146 Å². The van der Waals surface area contributed by atoms with Crippen molar-refractivity contribution in [2.45, 2.75) is 32.0 Å². The number of piperidine rings is 1. The van der Waals surface area contributed by atoms with Crippen LogP contribution in [0.1, 0.15) is 25.3 Å². The summed E-state index contributed by atoms with van der Waals surface area (Å²) >= 11 is 0. The number of anilines is 1. The van der Waals surface area contributed by atoms with Gasteiger partial charge in [-0.2, -0.15) is 13.2 Å². The smallest absolute Gasteiger partial charge is 0.368 e. The van der Waals surface area contributed by atoms with E-state index < -0.39 is 11.7 Å². The molecular weight excluding hydrogens is 331 g/mol. The van der Waals surface area contributed by atoms with E-state index in [9.17, 15) is 18.0 Å². The van der Waals surface area contributed by atoms with Crippen molar-refractivity contribution in [1.82, 2.24) is 10.2 Å². The molecule has 0 spiro atoms. The zero-order chi connectivity index (χ0) is 18.0. The summed E-state index contributed by atoms with van der Waals surface area (Å²) in [5.41, 5.74) is -0.0692. The van der Waals surface area contributed by atoms with E-state index in [4.69, 9.17) is 0 Å². The van der Waals surface area contributed by atoms with Gasteiger partial charge >= 0.3 is 6.18 Å². The van der Waals surface area contributed by atoms with Gasteiger partial charge in [0.25, 0.3) is 0 Å². The molecule has 1 aromatic carbocycles. The van der Waals surface area contributed by atoms with E-state index in [0.29, 0.717) is 31.9 Å². The summed E-state index contributed by atoms with van der Waals surface area (Å²) in [6, 6.07) is 5.58. The van der Waals surface area contributed by atoms with Gasteiger partial charge in [-0.1, -0.05) is 6.07 Å². The Morgan fingerprint density at radius 3 is 2.56 bits per heavy atom. The molecule has 1 N–H and O–H groups in total. The van der Waals surface area contributed by atoms with Gasteiger partial charge in [0, 0.05) is 37.9 Å². The summed E-state index contributed by atoms with van der Waals surface area (Å²) in [5.74, 6) is 0.178. The van der Waals surface area contributed by atoms with Gasteiger partial charge in [-0.05, 0) is 44.5 Å². The van der Waals surface area contributed by atoms with Gasteiger partial charge in [0.1, 0.15) is 0 Å². The average molecular weight is 355 g/mol. The Morgan fingerprint density at radius 1 is 1.20 bits per heavy atom. The first-order valence-electron chi connectivity index (χ1n) is 8.80. The van der Waals surface area contributed by atoms with Crippen molar-refractivity contribution in [1.29, 1.82) is 0 Å². The molecule has 25 heavy (non-hydrogen) atoms. The third kappa shape index (κ3) is 4.08. The zero-order valence-electron chi connectivity index (χ0n) is 14.4. The molecule has 2 atom stereocenters. The predicted octanol–water partition coefficient (Wildman–Crippen LogP) is 2.74. The summed E-state index contributed by atoms with van der Waals surface area (Å²) in [6.07, 6.45) is -2.43. The minimum atomic E-state index is -4.34. The lowest BCUT2D eigenvalue weighted by atomic mass is 9.90. The van der Waals surface area contributed by atoms with Crippen LogP contribution in [-0.2, 0) is 11.0 Å². The Hall–Kier alpha value is -1.76. The molecule has 0 bridgehead atoms. The van der Waals surface area contributed by atoms with E-state index in [1.165, 1.54) is 12.1 Å². The molecule has 1 amide bonds. The summed E-state index contributed by atoms with van der Waals surface area (Å²) < 4.78 is 38.6. The molecule has 2 fully saturated rings. The van der Waals surface area contributed by atoms with Crippen LogP contribution in [0.4, 0.5) is 18.9 Å². The van der Waals surface area contributed by atoms with Crippen molar-refractivity contribution >= 4 is 11.6 Å². The summed E-state index contributed by atoms with van der Waals surface area (Å²) in [5, 5.41) is 3.34. The molecule has 0 saturated carbocycles. The number of amides is 1. The highest BCUT2D eigenvalue weighted by atomic mass is 19.4. The fourth-order valence-corrected chi connectivity index (χ4v) is 3.68. The first-order valence-corrected chi connectivity index (χ1v) is 8.80. The molecule has 2 saturated heterocycles. The number of hydrogen-bond acceptors (Lipinski definition) is 3. The molecule has 0 radical (unpaired) electrons. The number of alkyl halides is 3. The van der Waals surface area contributed by atoms with Crippen molar-refractivity contribution in [3.8, 4) is 0 Å². The van der Waals surface area contributed by atoms with Gasteiger partial charge in [0.05, 0.1) is 11.5 Å². The number of rotatable bonds is 2. The van der Waals surface area contributed by atoms with Crippen molar-refractivity contribution in [3.63, 3.8) is 0 Å². The monoisotopic (exact) mass is 355 g/mol. The maximum Gasteiger partial charge on any atom is 0.416 e. The van der Waals surface area contributed by atoms with Gasteiger partial charge < -0.3 is 15.1 Å². The Bertz CT molecular complexity index is 612. The number of carbonyl (C=O) groups is 1. The minimum Gasteiger partial charge on any atom is -0.368 e. The quantitative estimate of drug-likeness (QED) is 0.886. The lowest BCUT2D eigenvalue weighted by molar-refractivity contribution is -0.138. The standard InChI is InChI=1S/C18H24F3N3O/c1-13-16(6-3-7-22-13)17(25)24-10-8-23(9-11-24)15-5-2-4-14(12-15)18(19,20)21/h2,4-5,12-13,16,22H,3,6-11H2,1H3. The van der Waals surface area contributed by atoms with Crippen molar-refractivity contribution in [2.75, 3.05) is 37.6 Å². The second kappa shape index (κ2) is 7.23. The Balaban J connectivity index is 1.61. The molecule has 2 unspecified atom stereocenters. The van der Waals surface area contributed by atoms with Crippen LogP contribution < -0.4 is 10.2 Å². The van der Waals surface area contributed by atoms with Crippen molar-refractivity contribution in [3.05, 3.63) is 29.8 Å². The third-order valence-corrected chi connectivity index (χ3v) is 5.21. The zero-order valence-corrected chi connectivity index (χ0v) is 14.4. The number of halogens is 3. The van der Waals surface area contributed by atoms with Gasteiger partial charge in [-0.15, -0.1) is 0 Å². The molecule has 138 valence electrons. The van der Waals surface area contributed by atoms with Gasteiger partial charge in [0.15, 0.2) is 0 Å². The maximum absolute atomic E-state index is 12.9. The van der Waals surface area contributed by atoms with Crippen LogP contribution in [0, 0.1) is 5.92 Å². The second-order valence-electron chi connectivity index (χ2n) is 6.85. The van der Waals surface area contributed by atoms with E-state index in [1.54, 1.807) is 6.07 Å². The minimum absolute atomic E-state index is 0.00820. The van der Waals surface area contributed by atoms with Crippen LogP contribution in [0.25, 0.3) is 0 Å². The van der Waals surface area contributed by atoms with E-state index in [0.717, 1.165) is 25.5 Å². The third-order valence-electron chi connectivity index (χ3n) is 5.21. The molecule has 4 nitrogen and oxygen atoms in total. The van der Waals surface area contributed by atoms with Crippen LogP contribution in [-0.4, -0.2) is 49.6 Å². The highest BCUT2D eigenvalue weighted by Gasteiger charge is 2.33. The molecule has 2 aliphatic rings. The molecule has 0 aliphatic carbocycles.